The van der Waals surface area contributed by atoms with Crippen LogP contribution >= 0.6 is 11.3 Å². The molecule has 10 nitrogen and oxygen atoms in total. The summed E-state index contributed by atoms with van der Waals surface area (Å²) in [4.78, 5) is 15.6. The third-order valence-corrected chi connectivity index (χ3v) is 6.53. The van der Waals surface area contributed by atoms with Crippen LogP contribution in [0.2, 0.25) is 0 Å². The molecule has 0 bridgehead atoms. The zero-order valence-electron chi connectivity index (χ0n) is 15.8. The maximum absolute atomic E-state index is 12.1. The van der Waals surface area contributed by atoms with Crippen LogP contribution in [0.4, 0.5) is 16.8 Å². The zero-order chi connectivity index (χ0) is 21.2. The largest absolute Gasteiger partial charge is 0.365 e. The summed E-state index contributed by atoms with van der Waals surface area (Å²) in [6, 6.07) is 6.86. The number of aryl methyl sites for hydroxylation is 2. The van der Waals surface area contributed by atoms with Gasteiger partial charge in [0.05, 0.1) is 27.2 Å². The van der Waals surface area contributed by atoms with Crippen LogP contribution in [0.3, 0.4) is 0 Å². The zero-order valence-corrected chi connectivity index (χ0v) is 17.4. The number of anilines is 3. The van der Waals surface area contributed by atoms with Gasteiger partial charge in [-0.3, -0.25) is 5.84 Å². The number of nitriles is 1. The standard InChI is InChI=1S/C17H18N8O2S2/c1-9-4-5-12(6-13(9)29(26,27)25-19)23-16-21-8-11(7-18)14(24-16)15-10(2)22-17(20-3)28-15/h4-6,8,25H,19H2,1-3H3,(H,20,22)(H,21,23,24). The molecular weight excluding hydrogens is 412 g/mol. The number of nitrogens with one attached hydrogen (secondary N) is 3. The van der Waals surface area contributed by atoms with Crippen molar-refractivity contribution in [1.29, 1.82) is 5.26 Å². The Morgan fingerprint density at radius 2 is 2.00 bits per heavy atom. The molecule has 0 saturated heterocycles. The van der Waals surface area contributed by atoms with Crippen LogP contribution in [-0.2, 0) is 10.0 Å². The lowest BCUT2D eigenvalue weighted by molar-refractivity contribution is 0.583. The van der Waals surface area contributed by atoms with E-state index >= 15 is 0 Å². The average molecular weight is 431 g/mol. The molecule has 5 N–H and O–H groups in total. The average Bonchev–Trinajstić information content (AvgIpc) is 3.10. The summed E-state index contributed by atoms with van der Waals surface area (Å²) in [5.74, 6) is 5.34. The predicted molar refractivity (Wildman–Crippen MR) is 111 cm³/mol. The van der Waals surface area contributed by atoms with Crippen LogP contribution in [-0.4, -0.2) is 30.4 Å². The van der Waals surface area contributed by atoms with Gasteiger partial charge < -0.3 is 10.6 Å². The first-order chi connectivity index (χ1) is 13.8. The van der Waals surface area contributed by atoms with E-state index < -0.39 is 10.0 Å². The van der Waals surface area contributed by atoms with Gasteiger partial charge in [-0.1, -0.05) is 17.4 Å². The maximum atomic E-state index is 12.1. The lowest BCUT2D eigenvalue weighted by atomic mass is 10.2. The molecule has 0 atom stereocenters. The number of benzene rings is 1. The van der Waals surface area contributed by atoms with Crippen LogP contribution in [0.1, 0.15) is 16.8 Å². The van der Waals surface area contributed by atoms with E-state index in [0.29, 0.717) is 27.6 Å². The van der Waals surface area contributed by atoms with E-state index in [1.807, 2.05) is 11.8 Å². The van der Waals surface area contributed by atoms with Crippen molar-refractivity contribution < 1.29 is 8.42 Å². The molecule has 0 radical (unpaired) electrons. The number of thiazole rings is 1. The molecule has 0 saturated carbocycles. The Morgan fingerprint density at radius 3 is 2.62 bits per heavy atom. The van der Waals surface area contributed by atoms with Crippen molar-refractivity contribution in [3.05, 3.63) is 41.2 Å². The fourth-order valence-electron chi connectivity index (χ4n) is 2.58. The summed E-state index contributed by atoms with van der Waals surface area (Å²) < 4.78 is 24.1. The van der Waals surface area contributed by atoms with E-state index in [1.54, 1.807) is 26.1 Å². The van der Waals surface area contributed by atoms with E-state index in [0.717, 1.165) is 10.6 Å². The molecule has 3 aromatic rings. The normalized spacial score (nSPS) is 11.1. The third-order valence-electron chi connectivity index (χ3n) is 4.02. The molecule has 12 heteroatoms. The van der Waals surface area contributed by atoms with Crippen LogP contribution in [0, 0.1) is 25.2 Å². The molecule has 29 heavy (non-hydrogen) atoms. The fourth-order valence-corrected chi connectivity index (χ4v) is 4.40. The maximum Gasteiger partial charge on any atom is 0.253 e. The van der Waals surface area contributed by atoms with Crippen molar-refractivity contribution in [2.45, 2.75) is 18.7 Å². The van der Waals surface area contributed by atoms with Gasteiger partial charge in [0.2, 0.25) is 5.95 Å². The number of hydrogen-bond donors (Lipinski definition) is 4. The molecule has 0 aliphatic rings. The highest BCUT2D eigenvalue weighted by Crippen LogP contribution is 2.34. The molecule has 0 amide bonds. The van der Waals surface area contributed by atoms with E-state index in [4.69, 9.17) is 5.84 Å². The van der Waals surface area contributed by atoms with Crippen molar-refractivity contribution in [3.63, 3.8) is 0 Å². The first-order valence-corrected chi connectivity index (χ1v) is 10.6. The number of nitrogens with two attached hydrogens (primary N) is 1. The minimum absolute atomic E-state index is 0.0378. The molecule has 2 heterocycles. The van der Waals surface area contributed by atoms with E-state index in [2.05, 4.69) is 31.7 Å². The smallest absolute Gasteiger partial charge is 0.253 e. The Hall–Kier alpha value is -3.11. The summed E-state index contributed by atoms with van der Waals surface area (Å²) in [6.07, 6.45) is 1.41. The van der Waals surface area contributed by atoms with E-state index in [9.17, 15) is 13.7 Å². The van der Waals surface area contributed by atoms with Crippen molar-refractivity contribution in [1.82, 2.24) is 19.8 Å². The SMILES string of the molecule is CNc1nc(C)c(-c2nc(Nc3ccc(C)c(S(=O)(=O)NN)c3)ncc2C#N)s1. The van der Waals surface area contributed by atoms with E-state index in [1.165, 1.54) is 23.6 Å². The molecule has 3 rings (SSSR count). The summed E-state index contributed by atoms with van der Waals surface area (Å²) in [5, 5.41) is 16.1. The molecule has 0 spiro atoms. The van der Waals surface area contributed by atoms with Gasteiger partial charge in [-0.15, -0.1) is 0 Å². The van der Waals surface area contributed by atoms with Crippen molar-refractivity contribution in [2.75, 3.05) is 17.7 Å². The molecule has 1 aromatic carbocycles. The monoisotopic (exact) mass is 430 g/mol. The van der Waals surface area contributed by atoms with Gasteiger partial charge in [0.1, 0.15) is 11.8 Å². The molecular formula is C17H18N8O2S2. The number of hydrazine groups is 1. The third kappa shape index (κ3) is 4.17. The number of sulfonamides is 1. The molecule has 0 unspecified atom stereocenters. The molecule has 150 valence electrons. The Labute approximate surface area is 171 Å². The Kier molecular flexibility index (Phi) is 5.76. The van der Waals surface area contributed by atoms with Gasteiger partial charge >= 0.3 is 0 Å². The van der Waals surface area contributed by atoms with Gasteiger partial charge in [-0.05, 0) is 31.5 Å². The summed E-state index contributed by atoms with van der Waals surface area (Å²) >= 11 is 1.38. The van der Waals surface area contributed by atoms with Crippen molar-refractivity contribution in [3.8, 4) is 16.6 Å². The molecule has 2 aromatic heterocycles. The lowest BCUT2D eigenvalue weighted by Crippen LogP contribution is -2.30. The lowest BCUT2D eigenvalue weighted by Gasteiger charge is -2.11. The van der Waals surface area contributed by atoms with Gasteiger partial charge in [0, 0.05) is 12.7 Å². The highest BCUT2D eigenvalue weighted by atomic mass is 32.2. The highest BCUT2D eigenvalue weighted by Gasteiger charge is 2.18. The van der Waals surface area contributed by atoms with Gasteiger partial charge in [0.15, 0.2) is 5.13 Å². The van der Waals surface area contributed by atoms with Gasteiger partial charge in [-0.25, -0.2) is 23.4 Å². The number of hydrogen-bond acceptors (Lipinski definition) is 10. The number of nitrogens with zero attached hydrogens (tertiary/aromatic N) is 4. The summed E-state index contributed by atoms with van der Waals surface area (Å²) in [7, 11) is -2.06. The fraction of sp³-hybridized carbons (Fsp3) is 0.176. The second kappa shape index (κ2) is 8.10. The first-order valence-electron chi connectivity index (χ1n) is 8.32. The minimum Gasteiger partial charge on any atom is -0.365 e. The van der Waals surface area contributed by atoms with Crippen molar-refractivity contribution in [2.24, 2.45) is 5.84 Å². The second-order valence-corrected chi connectivity index (χ2v) is 8.66. The van der Waals surface area contributed by atoms with Crippen LogP contribution < -0.4 is 21.3 Å². The first kappa shape index (κ1) is 20.6. The Morgan fingerprint density at radius 1 is 1.24 bits per heavy atom. The summed E-state index contributed by atoms with van der Waals surface area (Å²) in [5.41, 5.74) is 2.49. The Balaban J connectivity index is 2.03. The molecule has 0 fully saturated rings. The topological polar surface area (TPSA) is 159 Å². The molecule has 0 aliphatic carbocycles. The molecule has 0 aliphatic heterocycles. The van der Waals surface area contributed by atoms with E-state index in [-0.39, 0.29) is 10.8 Å². The van der Waals surface area contributed by atoms with Crippen LogP contribution in [0.15, 0.2) is 29.3 Å². The highest BCUT2D eigenvalue weighted by molar-refractivity contribution is 7.89. The number of rotatable bonds is 6. The minimum atomic E-state index is -3.82. The quantitative estimate of drug-likeness (QED) is 0.339. The van der Waals surface area contributed by atoms with Crippen LogP contribution in [0.5, 0.6) is 0 Å². The second-order valence-electron chi connectivity index (χ2n) is 5.98. The van der Waals surface area contributed by atoms with Crippen LogP contribution in [0.25, 0.3) is 10.6 Å². The van der Waals surface area contributed by atoms with Gasteiger partial charge in [-0.2, -0.15) is 10.1 Å². The predicted octanol–water partition coefficient (Wildman–Crippen LogP) is 2.03. The summed E-state index contributed by atoms with van der Waals surface area (Å²) in [6.45, 7) is 3.50. The van der Waals surface area contributed by atoms with Crippen molar-refractivity contribution >= 4 is 38.1 Å². The van der Waals surface area contributed by atoms with Gasteiger partial charge in [0.25, 0.3) is 10.0 Å². The number of aromatic nitrogens is 3. The Bertz CT molecular complexity index is 1210.